The lowest BCUT2D eigenvalue weighted by molar-refractivity contribution is 0.113. The highest BCUT2D eigenvalue weighted by Crippen LogP contribution is 2.41. The van der Waals surface area contributed by atoms with Crippen molar-refractivity contribution in [3.63, 3.8) is 0 Å². The molecule has 146 valence electrons. The first-order valence-corrected chi connectivity index (χ1v) is 9.46. The molecule has 1 aromatic carbocycles. The van der Waals surface area contributed by atoms with E-state index >= 15 is 0 Å². The highest BCUT2D eigenvalue weighted by Gasteiger charge is 2.36. The largest absolute Gasteiger partial charge is 0.497 e. The lowest BCUT2D eigenvalue weighted by Gasteiger charge is -2.31. The van der Waals surface area contributed by atoms with Crippen LogP contribution < -0.4 is 15.4 Å². The molecule has 1 aliphatic carbocycles. The zero-order chi connectivity index (χ0) is 17.5. The van der Waals surface area contributed by atoms with Gasteiger partial charge in [-0.05, 0) is 43.4 Å². The van der Waals surface area contributed by atoms with Crippen LogP contribution in [-0.4, -0.2) is 45.9 Å². The van der Waals surface area contributed by atoms with Gasteiger partial charge in [-0.15, -0.1) is 24.0 Å². The zero-order valence-electron chi connectivity index (χ0n) is 15.9. The lowest BCUT2D eigenvalue weighted by Crippen LogP contribution is -2.46. The van der Waals surface area contributed by atoms with Gasteiger partial charge in [-0.3, -0.25) is 4.99 Å². The Hall–Kier alpha value is -1.02. The molecule has 1 heterocycles. The molecule has 2 aliphatic rings. The molecule has 1 aromatic rings. The van der Waals surface area contributed by atoms with Crippen molar-refractivity contribution in [2.24, 2.45) is 4.99 Å². The highest BCUT2D eigenvalue weighted by atomic mass is 127. The van der Waals surface area contributed by atoms with E-state index in [2.05, 4.69) is 33.8 Å². The summed E-state index contributed by atoms with van der Waals surface area (Å²) in [6.07, 6.45) is 7.58. The Balaban J connectivity index is 0.00000243. The molecule has 3 rings (SSSR count). The predicted molar refractivity (Wildman–Crippen MR) is 117 cm³/mol. The molecule has 6 heteroatoms. The van der Waals surface area contributed by atoms with Crippen LogP contribution in [0.5, 0.6) is 5.75 Å². The van der Waals surface area contributed by atoms with E-state index in [1.165, 1.54) is 31.2 Å². The molecule has 0 bridgehead atoms. The van der Waals surface area contributed by atoms with Crippen molar-refractivity contribution in [2.75, 3.05) is 33.9 Å². The van der Waals surface area contributed by atoms with E-state index in [9.17, 15) is 0 Å². The fourth-order valence-electron chi connectivity index (χ4n) is 4.06. The third-order valence-electron chi connectivity index (χ3n) is 5.58. The minimum Gasteiger partial charge on any atom is -0.497 e. The summed E-state index contributed by atoms with van der Waals surface area (Å²) < 4.78 is 11.1. The van der Waals surface area contributed by atoms with Gasteiger partial charge in [0.05, 0.1) is 13.2 Å². The van der Waals surface area contributed by atoms with Crippen LogP contribution >= 0.6 is 24.0 Å². The molecule has 26 heavy (non-hydrogen) atoms. The summed E-state index contributed by atoms with van der Waals surface area (Å²) in [4.78, 5) is 4.38. The summed E-state index contributed by atoms with van der Waals surface area (Å²) in [7, 11) is 3.56. The monoisotopic (exact) mass is 473 g/mol. The number of rotatable bonds is 6. The number of guanidine groups is 1. The van der Waals surface area contributed by atoms with Crippen LogP contribution in [0, 0.1) is 0 Å². The molecule has 1 saturated carbocycles. The summed E-state index contributed by atoms with van der Waals surface area (Å²) in [6, 6.07) is 8.54. The van der Waals surface area contributed by atoms with Gasteiger partial charge in [0.25, 0.3) is 0 Å². The second kappa shape index (κ2) is 10.3. The number of ether oxygens (including phenoxy) is 2. The zero-order valence-corrected chi connectivity index (χ0v) is 18.3. The molecule has 1 unspecified atom stereocenters. The molecular formula is C20H32IN3O2. The summed E-state index contributed by atoms with van der Waals surface area (Å²) in [5.74, 6) is 1.80. The summed E-state index contributed by atoms with van der Waals surface area (Å²) >= 11 is 0. The van der Waals surface area contributed by atoms with Gasteiger partial charge < -0.3 is 20.1 Å². The molecule has 0 radical (unpaired) electrons. The molecule has 5 nitrogen and oxygen atoms in total. The van der Waals surface area contributed by atoms with Gasteiger partial charge in [-0.2, -0.15) is 0 Å². The summed E-state index contributed by atoms with van der Waals surface area (Å²) in [5, 5.41) is 6.97. The molecule has 0 spiro atoms. The van der Waals surface area contributed by atoms with Crippen LogP contribution in [0.15, 0.2) is 29.3 Å². The van der Waals surface area contributed by atoms with E-state index in [4.69, 9.17) is 9.47 Å². The van der Waals surface area contributed by atoms with Crippen molar-refractivity contribution in [1.82, 2.24) is 10.6 Å². The summed E-state index contributed by atoms with van der Waals surface area (Å²) in [5.41, 5.74) is 1.53. The van der Waals surface area contributed by atoms with Gasteiger partial charge in [0.1, 0.15) is 5.75 Å². The average Bonchev–Trinajstić information content (AvgIpc) is 3.34. The fourth-order valence-corrected chi connectivity index (χ4v) is 4.06. The second-order valence-electron chi connectivity index (χ2n) is 7.16. The van der Waals surface area contributed by atoms with Crippen LogP contribution in [0.25, 0.3) is 0 Å². The molecule has 1 atom stereocenters. The smallest absolute Gasteiger partial charge is 0.191 e. The number of benzene rings is 1. The molecule has 1 aliphatic heterocycles. The number of hydrogen-bond donors (Lipinski definition) is 2. The van der Waals surface area contributed by atoms with Gasteiger partial charge in [0.15, 0.2) is 5.96 Å². The Labute approximate surface area is 174 Å². The van der Waals surface area contributed by atoms with Crippen LogP contribution in [0.1, 0.15) is 44.1 Å². The van der Waals surface area contributed by atoms with Crippen molar-refractivity contribution in [2.45, 2.75) is 50.0 Å². The molecule has 2 fully saturated rings. The number of halogens is 1. The van der Waals surface area contributed by atoms with Gasteiger partial charge in [0, 0.05) is 32.2 Å². The normalized spacial score (nSPS) is 21.9. The Morgan fingerprint density at radius 1 is 1.27 bits per heavy atom. The fraction of sp³-hybridized carbons (Fsp3) is 0.650. The highest BCUT2D eigenvalue weighted by molar-refractivity contribution is 14.0. The first-order chi connectivity index (χ1) is 12.3. The number of aliphatic imine (C=N–C) groups is 1. The third-order valence-corrected chi connectivity index (χ3v) is 5.58. The van der Waals surface area contributed by atoms with E-state index < -0.39 is 0 Å². The van der Waals surface area contributed by atoms with Gasteiger partial charge in [0.2, 0.25) is 0 Å². The topological polar surface area (TPSA) is 54.9 Å². The van der Waals surface area contributed by atoms with Gasteiger partial charge in [-0.1, -0.05) is 25.0 Å². The van der Waals surface area contributed by atoms with Crippen molar-refractivity contribution in [3.8, 4) is 5.75 Å². The van der Waals surface area contributed by atoms with Gasteiger partial charge >= 0.3 is 0 Å². The average molecular weight is 473 g/mol. The maximum absolute atomic E-state index is 5.68. The van der Waals surface area contributed by atoms with Crippen LogP contribution in [-0.2, 0) is 10.2 Å². The Bertz CT molecular complexity index is 582. The van der Waals surface area contributed by atoms with Crippen molar-refractivity contribution in [3.05, 3.63) is 29.8 Å². The quantitative estimate of drug-likeness (QED) is 0.378. The van der Waals surface area contributed by atoms with E-state index in [0.29, 0.717) is 6.10 Å². The Kier molecular flexibility index (Phi) is 8.47. The van der Waals surface area contributed by atoms with Crippen molar-refractivity contribution < 1.29 is 9.47 Å². The van der Waals surface area contributed by atoms with Crippen molar-refractivity contribution >= 4 is 29.9 Å². The lowest BCUT2D eigenvalue weighted by atomic mass is 9.78. The van der Waals surface area contributed by atoms with Crippen LogP contribution in [0.3, 0.4) is 0 Å². The first-order valence-electron chi connectivity index (χ1n) is 9.46. The standard InChI is InChI=1S/C20H31N3O2.HI/c1-21-19(22-14-18-9-6-12-25-18)23-15-20(10-3-4-11-20)16-7-5-8-17(13-16)24-2;/h5,7-8,13,18H,3-4,6,9-12,14-15H2,1-2H3,(H2,21,22,23);1H. The predicted octanol–water partition coefficient (Wildman–Crippen LogP) is 3.47. The second-order valence-corrected chi connectivity index (χ2v) is 7.16. The molecule has 2 N–H and O–H groups in total. The van der Waals surface area contributed by atoms with E-state index in [1.54, 1.807) is 7.11 Å². The molecular weight excluding hydrogens is 441 g/mol. The van der Waals surface area contributed by atoms with E-state index in [1.807, 2.05) is 13.1 Å². The van der Waals surface area contributed by atoms with Crippen molar-refractivity contribution in [1.29, 1.82) is 0 Å². The SMILES string of the molecule is CN=C(NCC1CCCO1)NCC1(c2cccc(OC)c2)CCCC1.I. The maximum atomic E-state index is 5.68. The Morgan fingerprint density at radius 2 is 2.08 bits per heavy atom. The van der Waals surface area contributed by atoms with Crippen LogP contribution in [0.2, 0.25) is 0 Å². The summed E-state index contributed by atoms with van der Waals surface area (Å²) in [6.45, 7) is 2.61. The minimum absolute atomic E-state index is 0. The third kappa shape index (κ3) is 5.25. The maximum Gasteiger partial charge on any atom is 0.191 e. The number of methoxy groups -OCH3 is 1. The number of nitrogens with zero attached hydrogens (tertiary/aromatic N) is 1. The Morgan fingerprint density at radius 3 is 2.73 bits per heavy atom. The van der Waals surface area contributed by atoms with E-state index in [-0.39, 0.29) is 29.4 Å². The minimum atomic E-state index is 0. The first kappa shape index (κ1) is 21.3. The number of hydrogen-bond acceptors (Lipinski definition) is 3. The molecule has 1 saturated heterocycles. The van der Waals surface area contributed by atoms with E-state index in [0.717, 1.165) is 44.2 Å². The molecule has 0 aromatic heterocycles. The van der Waals surface area contributed by atoms with Gasteiger partial charge in [-0.25, -0.2) is 0 Å². The molecule has 0 amide bonds. The van der Waals surface area contributed by atoms with Crippen LogP contribution in [0.4, 0.5) is 0 Å². The number of nitrogens with one attached hydrogen (secondary N) is 2.